The van der Waals surface area contributed by atoms with Gasteiger partial charge in [-0.2, -0.15) is 0 Å². The first-order valence-electron chi connectivity index (χ1n) is 9.39. The maximum absolute atomic E-state index is 12.4. The van der Waals surface area contributed by atoms with Crippen LogP contribution in [0.3, 0.4) is 0 Å². The molecule has 0 N–H and O–H groups in total. The molecule has 1 atom stereocenters. The van der Waals surface area contributed by atoms with Crippen LogP contribution >= 0.6 is 0 Å². The highest BCUT2D eigenvalue weighted by Crippen LogP contribution is 2.27. The van der Waals surface area contributed by atoms with Gasteiger partial charge in [0.15, 0.2) is 0 Å². The van der Waals surface area contributed by atoms with Crippen molar-refractivity contribution in [2.75, 3.05) is 33.5 Å². The molecule has 0 aliphatic rings. The van der Waals surface area contributed by atoms with E-state index in [0.29, 0.717) is 38.7 Å². The zero-order chi connectivity index (χ0) is 19.6. The second-order valence-electron chi connectivity index (χ2n) is 6.59. The number of aromatic nitrogens is 2. The van der Waals surface area contributed by atoms with Gasteiger partial charge in [0.25, 0.3) is 0 Å². The van der Waals surface area contributed by atoms with Crippen molar-refractivity contribution < 1.29 is 19.0 Å². The molecule has 6 heteroatoms. The summed E-state index contributed by atoms with van der Waals surface area (Å²) in [5.41, 5.74) is 3.61. The lowest BCUT2D eigenvalue weighted by molar-refractivity contribution is 0.0849. The fourth-order valence-corrected chi connectivity index (χ4v) is 2.97. The lowest BCUT2D eigenvalue weighted by Crippen LogP contribution is -2.19. The van der Waals surface area contributed by atoms with Gasteiger partial charge in [-0.3, -0.25) is 0 Å². The smallest absolute Gasteiger partial charge is 0.419 e. The predicted molar refractivity (Wildman–Crippen MR) is 104 cm³/mol. The fourth-order valence-electron chi connectivity index (χ4n) is 2.97. The summed E-state index contributed by atoms with van der Waals surface area (Å²) in [5, 5.41) is 0. The lowest BCUT2D eigenvalue weighted by atomic mass is 9.93. The molecule has 2 aromatic rings. The molecule has 0 amide bonds. The molecule has 6 nitrogen and oxygen atoms in total. The Morgan fingerprint density at radius 3 is 2.63 bits per heavy atom. The molecule has 1 aromatic carbocycles. The summed E-state index contributed by atoms with van der Waals surface area (Å²) in [7, 11) is 1.67. The molecule has 0 aliphatic carbocycles. The maximum atomic E-state index is 12.4. The Balaban J connectivity index is 1.88. The summed E-state index contributed by atoms with van der Waals surface area (Å²) < 4.78 is 17.3. The summed E-state index contributed by atoms with van der Waals surface area (Å²) in [6.45, 7) is 8.47. The SMILES string of the molecule is COCCCOCCCOC(=O)n1ccnc1[C@@H](C)c1cccc(C)c1C. The van der Waals surface area contributed by atoms with Gasteiger partial charge in [0.1, 0.15) is 5.82 Å². The molecule has 1 heterocycles. The summed E-state index contributed by atoms with van der Waals surface area (Å²) in [5.74, 6) is 0.682. The van der Waals surface area contributed by atoms with Crippen LogP contribution < -0.4 is 0 Å². The third-order valence-corrected chi connectivity index (χ3v) is 4.66. The van der Waals surface area contributed by atoms with E-state index in [1.165, 1.54) is 21.3 Å². The quantitative estimate of drug-likeness (QED) is 0.587. The molecule has 0 radical (unpaired) electrons. The van der Waals surface area contributed by atoms with Crippen molar-refractivity contribution in [2.24, 2.45) is 0 Å². The zero-order valence-corrected chi connectivity index (χ0v) is 16.7. The van der Waals surface area contributed by atoms with Crippen molar-refractivity contribution in [2.45, 2.75) is 39.5 Å². The molecule has 1 aromatic heterocycles. The molecule has 27 heavy (non-hydrogen) atoms. The van der Waals surface area contributed by atoms with E-state index in [4.69, 9.17) is 14.2 Å². The Labute approximate surface area is 161 Å². The van der Waals surface area contributed by atoms with Gasteiger partial charge in [0, 0.05) is 51.7 Å². The third kappa shape index (κ3) is 5.91. The monoisotopic (exact) mass is 374 g/mol. The van der Waals surface area contributed by atoms with Gasteiger partial charge in [0.05, 0.1) is 6.61 Å². The summed E-state index contributed by atoms with van der Waals surface area (Å²) >= 11 is 0. The average Bonchev–Trinajstić information content (AvgIpc) is 3.15. The Kier molecular flexibility index (Phi) is 8.48. The van der Waals surface area contributed by atoms with Crippen molar-refractivity contribution >= 4 is 6.09 Å². The largest absolute Gasteiger partial charge is 0.449 e. The lowest BCUT2D eigenvalue weighted by Gasteiger charge is -2.17. The van der Waals surface area contributed by atoms with Gasteiger partial charge >= 0.3 is 6.09 Å². The number of carbonyl (C=O) groups is 1. The minimum atomic E-state index is -0.404. The Hall–Kier alpha value is -2.18. The Morgan fingerprint density at radius 1 is 1.15 bits per heavy atom. The first-order chi connectivity index (χ1) is 13.1. The van der Waals surface area contributed by atoms with Crippen LogP contribution in [-0.2, 0) is 14.2 Å². The van der Waals surface area contributed by atoms with Crippen LogP contribution in [0.5, 0.6) is 0 Å². The second-order valence-corrected chi connectivity index (χ2v) is 6.59. The molecule has 2 rings (SSSR count). The van der Waals surface area contributed by atoms with E-state index in [0.717, 1.165) is 6.42 Å². The molecule has 0 fully saturated rings. The van der Waals surface area contributed by atoms with E-state index in [-0.39, 0.29) is 5.92 Å². The third-order valence-electron chi connectivity index (χ3n) is 4.66. The van der Waals surface area contributed by atoms with Gasteiger partial charge in [-0.15, -0.1) is 0 Å². The number of ether oxygens (including phenoxy) is 3. The number of carbonyl (C=O) groups excluding carboxylic acids is 1. The van der Waals surface area contributed by atoms with E-state index in [2.05, 4.69) is 37.9 Å². The van der Waals surface area contributed by atoms with E-state index >= 15 is 0 Å². The molecular formula is C21H30N2O4. The standard InChI is InChI=1S/C21H30N2O4/c1-16-8-5-9-19(17(16)2)18(3)20-22-10-11-23(20)21(24)27-15-7-14-26-13-6-12-25-4/h5,8-11,18H,6-7,12-15H2,1-4H3/t18-/m0/s1. The van der Waals surface area contributed by atoms with Crippen LogP contribution in [0.2, 0.25) is 0 Å². The van der Waals surface area contributed by atoms with Crippen molar-refractivity contribution in [3.63, 3.8) is 0 Å². The molecule has 0 aliphatic heterocycles. The van der Waals surface area contributed by atoms with Crippen LogP contribution in [0, 0.1) is 13.8 Å². The Bertz CT molecular complexity index is 727. The van der Waals surface area contributed by atoms with Gasteiger partial charge in [-0.05, 0) is 37.0 Å². The van der Waals surface area contributed by atoms with Gasteiger partial charge in [0.2, 0.25) is 0 Å². The fraction of sp³-hybridized carbons (Fsp3) is 0.524. The summed E-state index contributed by atoms with van der Waals surface area (Å²) in [4.78, 5) is 16.8. The minimum absolute atomic E-state index is 0.00318. The molecule has 0 unspecified atom stereocenters. The van der Waals surface area contributed by atoms with E-state index in [1.54, 1.807) is 19.5 Å². The summed E-state index contributed by atoms with van der Waals surface area (Å²) in [6.07, 6.45) is 4.41. The molecule has 0 saturated carbocycles. The first-order valence-corrected chi connectivity index (χ1v) is 9.39. The number of rotatable bonds is 10. The number of methoxy groups -OCH3 is 1. The highest BCUT2D eigenvalue weighted by atomic mass is 16.6. The van der Waals surface area contributed by atoms with Gasteiger partial charge in [-0.1, -0.05) is 25.1 Å². The molecule has 0 saturated heterocycles. The van der Waals surface area contributed by atoms with E-state index in [9.17, 15) is 4.79 Å². The minimum Gasteiger partial charge on any atom is -0.449 e. The maximum Gasteiger partial charge on any atom is 0.419 e. The van der Waals surface area contributed by atoms with Crippen LogP contribution in [0.25, 0.3) is 0 Å². The predicted octanol–water partition coefficient (Wildman–Crippen LogP) is 4.08. The van der Waals surface area contributed by atoms with Crippen LogP contribution in [-0.4, -0.2) is 49.2 Å². The number of benzene rings is 1. The van der Waals surface area contributed by atoms with E-state index < -0.39 is 6.09 Å². The highest BCUT2D eigenvalue weighted by molar-refractivity contribution is 5.71. The highest BCUT2D eigenvalue weighted by Gasteiger charge is 2.20. The Morgan fingerprint density at radius 2 is 1.89 bits per heavy atom. The van der Waals surface area contributed by atoms with Crippen molar-refractivity contribution in [1.82, 2.24) is 9.55 Å². The van der Waals surface area contributed by atoms with Gasteiger partial charge < -0.3 is 14.2 Å². The van der Waals surface area contributed by atoms with Crippen LogP contribution in [0.4, 0.5) is 4.79 Å². The molecular weight excluding hydrogens is 344 g/mol. The number of imidazole rings is 1. The normalized spacial score (nSPS) is 12.1. The van der Waals surface area contributed by atoms with Crippen molar-refractivity contribution in [3.8, 4) is 0 Å². The number of aryl methyl sites for hydroxylation is 1. The second kappa shape index (κ2) is 10.8. The van der Waals surface area contributed by atoms with Gasteiger partial charge in [-0.25, -0.2) is 14.3 Å². The van der Waals surface area contributed by atoms with Crippen molar-refractivity contribution in [3.05, 3.63) is 53.1 Å². The molecule has 148 valence electrons. The summed E-state index contributed by atoms with van der Waals surface area (Å²) in [6, 6.07) is 6.20. The molecule has 0 bridgehead atoms. The zero-order valence-electron chi connectivity index (χ0n) is 16.7. The van der Waals surface area contributed by atoms with Crippen molar-refractivity contribution in [1.29, 1.82) is 0 Å². The first kappa shape index (κ1) is 21.1. The van der Waals surface area contributed by atoms with E-state index in [1.807, 2.05) is 6.07 Å². The number of hydrogen-bond acceptors (Lipinski definition) is 5. The average molecular weight is 374 g/mol. The number of hydrogen-bond donors (Lipinski definition) is 0. The number of nitrogens with zero attached hydrogens (tertiary/aromatic N) is 2. The topological polar surface area (TPSA) is 62.6 Å². The van der Waals surface area contributed by atoms with Crippen LogP contribution in [0.1, 0.15) is 48.2 Å². The molecule has 0 spiro atoms. The van der Waals surface area contributed by atoms with Crippen LogP contribution in [0.15, 0.2) is 30.6 Å².